The van der Waals surface area contributed by atoms with Crippen LogP contribution in [0.3, 0.4) is 0 Å². The Labute approximate surface area is 78.4 Å². The van der Waals surface area contributed by atoms with Gasteiger partial charge in [0.25, 0.3) is 6.09 Å². The number of aliphatic hydroxyl groups is 1. The zero-order valence-electron chi connectivity index (χ0n) is 8.41. The van der Waals surface area contributed by atoms with E-state index < -0.39 is 11.6 Å². The van der Waals surface area contributed by atoms with Crippen molar-refractivity contribution in [3.05, 3.63) is 0 Å². The second-order valence-electron chi connectivity index (χ2n) is 4.65. The Kier molecular flexibility index (Phi) is 2.38. The first-order chi connectivity index (χ1) is 5.86. The molecule has 0 bridgehead atoms. The van der Waals surface area contributed by atoms with Gasteiger partial charge in [-0.2, -0.15) is 0 Å². The number of carboxylic acid groups (broad SMARTS) is 1. The van der Waals surface area contributed by atoms with E-state index in [1.807, 2.05) is 20.8 Å². The van der Waals surface area contributed by atoms with Crippen molar-refractivity contribution >= 4 is 6.09 Å². The van der Waals surface area contributed by atoms with Gasteiger partial charge in [0.2, 0.25) is 0 Å². The monoisotopic (exact) mass is 187 g/mol. The van der Waals surface area contributed by atoms with E-state index in [4.69, 9.17) is 5.11 Å². The molecule has 0 spiro atoms. The molecule has 1 unspecified atom stereocenters. The first-order valence-corrected chi connectivity index (χ1v) is 4.56. The Bertz CT molecular complexity index is 219. The first kappa shape index (κ1) is 10.5. The van der Waals surface area contributed by atoms with Crippen molar-refractivity contribution in [3.8, 4) is 0 Å². The molecule has 1 rings (SSSR count). The van der Waals surface area contributed by atoms with E-state index >= 15 is 0 Å². The van der Waals surface area contributed by atoms with Crippen molar-refractivity contribution in [1.29, 1.82) is 0 Å². The molecular formula is C9H17NO3. The molecule has 1 fully saturated rings. The van der Waals surface area contributed by atoms with E-state index in [1.165, 1.54) is 0 Å². The Morgan fingerprint density at radius 3 is 2.23 bits per heavy atom. The van der Waals surface area contributed by atoms with Crippen molar-refractivity contribution in [2.75, 3.05) is 13.2 Å². The molecule has 1 aliphatic rings. The molecule has 0 saturated carbocycles. The van der Waals surface area contributed by atoms with Crippen LogP contribution in [0.25, 0.3) is 0 Å². The molecule has 1 amide bonds. The quantitative estimate of drug-likeness (QED) is 0.574. The van der Waals surface area contributed by atoms with Crippen LogP contribution in [-0.4, -0.2) is 40.4 Å². The molecule has 4 heteroatoms. The van der Waals surface area contributed by atoms with E-state index in [9.17, 15) is 9.90 Å². The number of nitrogens with zero attached hydrogens (tertiary/aromatic N) is 1. The lowest BCUT2D eigenvalue weighted by molar-refractivity contribution is -0.978. The topological polar surface area (TPSA) is 60.4 Å². The van der Waals surface area contributed by atoms with Crippen LogP contribution < -0.4 is 5.11 Å². The average molecular weight is 187 g/mol. The van der Waals surface area contributed by atoms with Crippen molar-refractivity contribution in [1.82, 2.24) is 0 Å². The van der Waals surface area contributed by atoms with Gasteiger partial charge in [0.15, 0.2) is 0 Å². The molecule has 1 N–H and O–H groups in total. The summed E-state index contributed by atoms with van der Waals surface area (Å²) in [6.45, 7) is 6.09. The molecular weight excluding hydrogens is 170 g/mol. The third kappa shape index (κ3) is 1.25. The fraction of sp³-hybridized carbons (Fsp3) is 0.889. The molecule has 0 aromatic rings. The van der Waals surface area contributed by atoms with Gasteiger partial charge < -0.3 is 15.0 Å². The van der Waals surface area contributed by atoms with Crippen LogP contribution in [0.4, 0.5) is 4.79 Å². The highest BCUT2D eigenvalue weighted by Gasteiger charge is 2.55. The van der Waals surface area contributed by atoms with Crippen molar-refractivity contribution in [2.24, 2.45) is 0 Å². The van der Waals surface area contributed by atoms with Crippen molar-refractivity contribution in [3.63, 3.8) is 0 Å². The van der Waals surface area contributed by atoms with Crippen LogP contribution in [0.2, 0.25) is 0 Å². The molecule has 2 atom stereocenters. The van der Waals surface area contributed by atoms with Gasteiger partial charge in [-0.1, -0.05) is 0 Å². The number of carbonyl (C=O) groups excluding carboxylic acids is 1. The molecule has 13 heavy (non-hydrogen) atoms. The summed E-state index contributed by atoms with van der Waals surface area (Å²) in [6, 6.07) is -0.190. The summed E-state index contributed by atoms with van der Waals surface area (Å²) in [6.07, 6.45) is -0.306. The summed E-state index contributed by atoms with van der Waals surface area (Å²) in [7, 11) is 0. The molecule has 1 aliphatic heterocycles. The van der Waals surface area contributed by atoms with Crippen molar-refractivity contribution < 1.29 is 19.5 Å². The molecule has 76 valence electrons. The van der Waals surface area contributed by atoms with Crippen LogP contribution >= 0.6 is 0 Å². The van der Waals surface area contributed by atoms with Crippen LogP contribution in [0.5, 0.6) is 0 Å². The predicted molar refractivity (Wildman–Crippen MR) is 45.8 cm³/mol. The van der Waals surface area contributed by atoms with Crippen LogP contribution in [0.15, 0.2) is 0 Å². The normalized spacial score (nSPS) is 34.0. The number of aliphatic hydroxyl groups excluding tert-OH is 1. The predicted octanol–water partition coefficient (Wildman–Crippen LogP) is -0.290. The summed E-state index contributed by atoms with van der Waals surface area (Å²) in [5.74, 6) is 0. The van der Waals surface area contributed by atoms with Gasteiger partial charge in [-0.15, -0.1) is 0 Å². The largest absolute Gasteiger partial charge is 0.498 e. The van der Waals surface area contributed by atoms with Gasteiger partial charge in [0, 0.05) is 0 Å². The number of likely N-dealkylation sites (tertiary alicyclic amines) is 1. The van der Waals surface area contributed by atoms with Crippen LogP contribution in [0, 0.1) is 0 Å². The molecule has 0 aliphatic carbocycles. The summed E-state index contributed by atoms with van der Waals surface area (Å²) < 4.78 is -0.108. The maximum absolute atomic E-state index is 11.1. The third-order valence-corrected chi connectivity index (χ3v) is 3.17. The highest BCUT2D eigenvalue weighted by Crippen LogP contribution is 2.37. The van der Waals surface area contributed by atoms with E-state index in [1.54, 1.807) is 0 Å². The van der Waals surface area contributed by atoms with Crippen molar-refractivity contribution in [2.45, 2.75) is 38.8 Å². The lowest BCUT2D eigenvalue weighted by Gasteiger charge is -2.58. The lowest BCUT2D eigenvalue weighted by Crippen LogP contribution is -2.79. The maximum Gasteiger partial charge on any atom is 0.258 e. The maximum atomic E-state index is 11.1. The van der Waals surface area contributed by atoms with Gasteiger partial charge in [-0.3, -0.25) is 4.48 Å². The third-order valence-electron chi connectivity index (χ3n) is 3.17. The zero-order valence-corrected chi connectivity index (χ0v) is 8.41. The summed E-state index contributed by atoms with van der Waals surface area (Å²) >= 11 is 0. The number of carbonyl (C=O) groups is 1. The van der Waals surface area contributed by atoms with E-state index in [0.717, 1.165) is 6.42 Å². The lowest BCUT2D eigenvalue weighted by atomic mass is 9.88. The van der Waals surface area contributed by atoms with Crippen LogP contribution in [0.1, 0.15) is 27.2 Å². The van der Waals surface area contributed by atoms with Crippen LogP contribution in [-0.2, 0) is 0 Å². The minimum atomic E-state index is -1.07. The van der Waals surface area contributed by atoms with Gasteiger partial charge in [-0.05, 0) is 20.8 Å². The Morgan fingerprint density at radius 2 is 2.15 bits per heavy atom. The summed E-state index contributed by atoms with van der Waals surface area (Å²) in [5.41, 5.74) is -0.398. The molecule has 4 nitrogen and oxygen atoms in total. The number of hydrogen-bond acceptors (Lipinski definition) is 3. The van der Waals surface area contributed by atoms with E-state index in [0.29, 0.717) is 6.54 Å². The smallest absolute Gasteiger partial charge is 0.258 e. The highest BCUT2D eigenvalue weighted by atomic mass is 16.4. The number of hydrogen-bond donors (Lipinski definition) is 1. The van der Waals surface area contributed by atoms with E-state index in [-0.39, 0.29) is 17.1 Å². The Morgan fingerprint density at radius 1 is 1.62 bits per heavy atom. The van der Waals surface area contributed by atoms with Gasteiger partial charge in [-0.25, -0.2) is 0 Å². The standard InChI is InChI=1S/C9H17NO3/c1-9(2,3)10(8(12)13)5-4-7(10)6-11/h7,11H,4-6H2,1-3H3/t7-,10?/m0/s1. The Hall–Kier alpha value is -0.610. The SMILES string of the molecule is CC(C)(C)[N+]1(C(=O)[O-])CC[C@H]1CO. The Balaban J connectivity index is 2.97. The minimum absolute atomic E-state index is 0.0781. The fourth-order valence-corrected chi connectivity index (χ4v) is 2.20. The number of quaternary nitrogens is 1. The summed E-state index contributed by atoms with van der Waals surface area (Å²) in [5, 5.41) is 20.1. The molecule has 1 heterocycles. The molecule has 1 saturated heterocycles. The van der Waals surface area contributed by atoms with Gasteiger partial charge >= 0.3 is 0 Å². The highest BCUT2D eigenvalue weighted by molar-refractivity contribution is 5.55. The van der Waals surface area contributed by atoms with Gasteiger partial charge in [0.05, 0.1) is 25.1 Å². The molecule has 0 radical (unpaired) electrons. The molecule has 0 aromatic heterocycles. The minimum Gasteiger partial charge on any atom is -0.498 e. The fourth-order valence-electron chi connectivity index (χ4n) is 2.20. The molecule has 0 aromatic carbocycles. The average Bonchev–Trinajstić information content (AvgIpc) is 1.81. The van der Waals surface area contributed by atoms with Gasteiger partial charge in [0.1, 0.15) is 6.04 Å². The zero-order chi connectivity index (χ0) is 10.3. The second kappa shape index (κ2) is 2.96. The summed E-state index contributed by atoms with van der Waals surface area (Å²) in [4.78, 5) is 11.1. The number of amides is 1. The van der Waals surface area contributed by atoms with E-state index in [2.05, 4.69) is 0 Å². The second-order valence-corrected chi connectivity index (χ2v) is 4.65. The first-order valence-electron chi connectivity index (χ1n) is 4.56. The number of rotatable bonds is 1.